The van der Waals surface area contributed by atoms with Gasteiger partial charge in [0.15, 0.2) is 5.96 Å². The first kappa shape index (κ1) is 24.7. The first-order valence-electron chi connectivity index (χ1n) is 10.9. The number of nitrogens with one attached hydrogen (secondary N) is 1. The van der Waals surface area contributed by atoms with Crippen molar-refractivity contribution in [2.24, 2.45) is 4.99 Å². The summed E-state index contributed by atoms with van der Waals surface area (Å²) in [6, 6.07) is 9.79. The fraction of sp³-hybridized carbons (Fsp3) is 0.478. The molecule has 9 heteroatoms. The predicted octanol–water partition coefficient (Wildman–Crippen LogP) is 3.98. The molecule has 1 N–H and O–H groups in total. The molecule has 2 unspecified atom stereocenters. The van der Waals surface area contributed by atoms with Crippen molar-refractivity contribution < 1.29 is 18.6 Å². The van der Waals surface area contributed by atoms with Gasteiger partial charge in [-0.2, -0.15) is 0 Å². The van der Waals surface area contributed by atoms with Crippen molar-refractivity contribution in [3.63, 3.8) is 0 Å². The summed E-state index contributed by atoms with van der Waals surface area (Å²) in [7, 11) is 0. The molecule has 2 atom stereocenters. The Hall–Kier alpha value is -1.98. The van der Waals surface area contributed by atoms with E-state index in [1.807, 2.05) is 12.1 Å². The van der Waals surface area contributed by atoms with Crippen molar-refractivity contribution in [3.8, 4) is 11.6 Å². The molecule has 1 aromatic heterocycles. The van der Waals surface area contributed by atoms with Gasteiger partial charge in [-0.1, -0.05) is 12.1 Å². The maximum atomic E-state index is 13.5. The van der Waals surface area contributed by atoms with Gasteiger partial charge in [0.05, 0.1) is 19.3 Å². The summed E-state index contributed by atoms with van der Waals surface area (Å²) in [6.45, 7) is 6.19. The Morgan fingerprint density at radius 2 is 2.12 bits per heavy atom. The van der Waals surface area contributed by atoms with Crippen LogP contribution in [0.15, 0.2) is 47.6 Å². The molecular formula is C23H30FIN4O3. The number of rotatable bonds is 6. The number of hydrogen-bond acceptors (Lipinski definition) is 5. The zero-order chi connectivity index (χ0) is 21.5. The zero-order valence-electron chi connectivity index (χ0n) is 18.2. The summed E-state index contributed by atoms with van der Waals surface area (Å²) >= 11 is 0. The molecule has 2 fully saturated rings. The van der Waals surface area contributed by atoms with Crippen LogP contribution in [-0.2, 0) is 16.0 Å². The molecule has 7 nitrogen and oxygen atoms in total. The van der Waals surface area contributed by atoms with E-state index in [0.717, 1.165) is 50.6 Å². The second-order valence-corrected chi connectivity index (χ2v) is 7.60. The van der Waals surface area contributed by atoms with E-state index in [4.69, 9.17) is 19.2 Å². The summed E-state index contributed by atoms with van der Waals surface area (Å²) in [5, 5.41) is 3.38. The number of guanidine groups is 1. The summed E-state index contributed by atoms with van der Waals surface area (Å²) in [6.07, 6.45) is 4.01. The lowest BCUT2D eigenvalue weighted by molar-refractivity contribution is -0.0817. The number of ether oxygens (including phenoxy) is 3. The quantitative estimate of drug-likeness (QED) is 0.330. The molecule has 2 saturated heterocycles. The fourth-order valence-corrected chi connectivity index (χ4v) is 3.85. The van der Waals surface area contributed by atoms with Crippen molar-refractivity contribution in [1.82, 2.24) is 15.2 Å². The number of morpholine rings is 1. The van der Waals surface area contributed by atoms with Gasteiger partial charge in [0.1, 0.15) is 17.7 Å². The second-order valence-electron chi connectivity index (χ2n) is 7.60. The van der Waals surface area contributed by atoms with E-state index in [0.29, 0.717) is 24.8 Å². The number of benzene rings is 1. The number of nitrogens with zero attached hydrogens (tertiary/aromatic N) is 3. The van der Waals surface area contributed by atoms with Crippen molar-refractivity contribution in [1.29, 1.82) is 0 Å². The van der Waals surface area contributed by atoms with Crippen LogP contribution in [0.1, 0.15) is 25.3 Å². The minimum Gasteiger partial charge on any atom is -0.439 e. The SMILES string of the molecule is CCNC(=NCc1cccnc1Oc1cccc(F)c1)N1CCOC(C2CCCO2)C1.I. The largest absolute Gasteiger partial charge is 0.439 e. The van der Waals surface area contributed by atoms with Gasteiger partial charge in [0.2, 0.25) is 5.88 Å². The maximum Gasteiger partial charge on any atom is 0.224 e. The number of pyridine rings is 1. The molecule has 3 heterocycles. The zero-order valence-corrected chi connectivity index (χ0v) is 20.5. The van der Waals surface area contributed by atoms with E-state index in [-0.39, 0.29) is 42.0 Å². The van der Waals surface area contributed by atoms with Crippen LogP contribution >= 0.6 is 24.0 Å². The molecule has 174 valence electrons. The average molecular weight is 556 g/mol. The van der Waals surface area contributed by atoms with Crippen LogP contribution in [-0.4, -0.2) is 60.9 Å². The molecule has 2 aromatic rings. The van der Waals surface area contributed by atoms with Gasteiger partial charge in [-0.25, -0.2) is 14.4 Å². The molecular weight excluding hydrogens is 526 g/mol. The van der Waals surface area contributed by atoms with Gasteiger partial charge in [-0.05, 0) is 38.0 Å². The highest BCUT2D eigenvalue weighted by Gasteiger charge is 2.32. The van der Waals surface area contributed by atoms with Crippen LogP contribution in [0.2, 0.25) is 0 Å². The first-order valence-corrected chi connectivity index (χ1v) is 10.9. The lowest BCUT2D eigenvalue weighted by Crippen LogP contribution is -2.53. The Kier molecular flexibility index (Phi) is 9.49. The summed E-state index contributed by atoms with van der Waals surface area (Å²) in [5.74, 6) is 1.31. The number of halogens is 2. The van der Waals surface area contributed by atoms with Crippen LogP contribution in [0.25, 0.3) is 0 Å². The molecule has 0 aliphatic carbocycles. The predicted molar refractivity (Wildman–Crippen MR) is 131 cm³/mol. The van der Waals surface area contributed by atoms with Crippen molar-refractivity contribution in [2.75, 3.05) is 32.8 Å². The average Bonchev–Trinajstić information content (AvgIpc) is 3.33. The highest BCUT2D eigenvalue weighted by molar-refractivity contribution is 14.0. The third kappa shape index (κ3) is 6.52. The summed E-state index contributed by atoms with van der Waals surface area (Å²) in [5.41, 5.74) is 0.825. The van der Waals surface area contributed by atoms with Gasteiger partial charge < -0.3 is 24.4 Å². The smallest absolute Gasteiger partial charge is 0.224 e. The summed E-state index contributed by atoms with van der Waals surface area (Å²) < 4.78 is 31.1. The van der Waals surface area contributed by atoms with Crippen LogP contribution in [0.5, 0.6) is 11.6 Å². The van der Waals surface area contributed by atoms with E-state index in [1.54, 1.807) is 18.3 Å². The monoisotopic (exact) mass is 556 g/mol. The Bertz CT molecular complexity index is 895. The minimum absolute atomic E-state index is 0. The standard InChI is InChI=1S/C23H29FN4O3.HI/c1-2-25-23(28-11-13-30-21(16-28)20-9-5-12-29-20)27-15-17-6-4-10-26-22(17)31-19-8-3-7-18(24)14-19;/h3-4,6-8,10,14,20-21H,2,5,9,11-13,15-16H2,1H3,(H,25,27);1H. The van der Waals surface area contributed by atoms with Crippen LogP contribution in [0, 0.1) is 5.82 Å². The van der Waals surface area contributed by atoms with E-state index in [2.05, 4.69) is 22.1 Å². The molecule has 0 spiro atoms. The Labute approximate surface area is 205 Å². The van der Waals surface area contributed by atoms with Crippen molar-refractivity contribution in [2.45, 2.75) is 38.5 Å². The van der Waals surface area contributed by atoms with E-state index >= 15 is 0 Å². The maximum absolute atomic E-state index is 13.5. The molecule has 32 heavy (non-hydrogen) atoms. The van der Waals surface area contributed by atoms with Crippen LogP contribution in [0.3, 0.4) is 0 Å². The minimum atomic E-state index is -0.351. The lowest BCUT2D eigenvalue weighted by Gasteiger charge is -2.37. The highest BCUT2D eigenvalue weighted by Crippen LogP contribution is 2.24. The van der Waals surface area contributed by atoms with Gasteiger partial charge in [-0.15, -0.1) is 24.0 Å². The van der Waals surface area contributed by atoms with Gasteiger partial charge in [-0.3, -0.25) is 0 Å². The Balaban J connectivity index is 0.00000289. The van der Waals surface area contributed by atoms with Crippen molar-refractivity contribution >= 4 is 29.9 Å². The number of aromatic nitrogens is 1. The fourth-order valence-electron chi connectivity index (χ4n) is 3.85. The van der Waals surface area contributed by atoms with E-state index in [9.17, 15) is 4.39 Å². The lowest BCUT2D eigenvalue weighted by atomic mass is 10.1. The summed E-state index contributed by atoms with van der Waals surface area (Å²) in [4.78, 5) is 11.4. The van der Waals surface area contributed by atoms with Crippen LogP contribution < -0.4 is 10.1 Å². The first-order chi connectivity index (χ1) is 15.2. The third-order valence-electron chi connectivity index (χ3n) is 5.37. The van der Waals surface area contributed by atoms with Gasteiger partial charge in [0, 0.05) is 44.1 Å². The normalized spacial score (nSPS) is 21.2. The van der Waals surface area contributed by atoms with Gasteiger partial charge >= 0.3 is 0 Å². The molecule has 0 saturated carbocycles. The Morgan fingerprint density at radius 3 is 2.91 bits per heavy atom. The molecule has 1 aromatic carbocycles. The number of hydrogen-bond donors (Lipinski definition) is 1. The topological polar surface area (TPSA) is 68.2 Å². The molecule has 4 rings (SSSR count). The van der Waals surface area contributed by atoms with Crippen molar-refractivity contribution in [3.05, 3.63) is 54.0 Å². The highest BCUT2D eigenvalue weighted by atomic mass is 127. The van der Waals surface area contributed by atoms with E-state index < -0.39 is 0 Å². The second kappa shape index (κ2) is 12.3. The van der Waals surface area contributed by atoms with Gasteiger partial charge in [0.25, 0.3) is 0 Å². The van der Waals surface area contributed by atoms with E-state index in [1.165, 1.54) is 12.1 Å². The van der Waals surface area contributed by atoms with Crippen LogP contribution in [0.4, 0.5) is 4.39 Å². The molecule has 0 amide bonds. The Morgan fingerprint density at radius 1 is 1.25 bits per heavy atom. The molecule has 2 aliphatic heterocycles. The third-order valence-corrected chi connectivity index (χ3v) is 5.37. The molecule has 0 bridgehead atoms. The number of aliphatic imine (C=N–C) groups is 1. The molecule has 0 radical (unpaired) electrons. The molecule has 2 aliphatic rings.